The SMILES string of the molecule is CN(Cc1nccs1)CC1CC2(CCN(C/C=C/c3ccco3)CC2)C(=O)O1. The average Bonchev–Trinajstić information content (AvgIpc) is 3.41. The maximum atomic E-state index is 12.6. The van der Waals surface area contributed by atoms with E-state index in [2.05, 4.69) is 27.9 Å². The van der Waals surface area contributed by atoms with Crippen LogP contribution in [0, 0.1) is 5.41 Å². The number of carbonyl (C=O) groups is 1. The number of carbonyl (C=O) groups excluding carboxylic acids is 1. The highest BCUT2D eigenvalue weighted by atomic mass is 32.1. The summed E-state index contributed by atoms with van der Waals surface area (Å²) in [4.78, 5) is 21.6. The van der Waals surface area contributed by atoms with E-state index >= 15 is 0 Å². The van der Waals surface area contributed by atoms with Crippen LogP contribution in [0.4, 0.5) is 0 Å². The average molecular weight is 402 g/mol. The lowest BCUT2D eigenvalue weighted by molar-refractivity contribution is -0.151. The van der Waals surface area contributed by atoms with Gasteiger partial charge in [0, 0.05) is 31.1 Å². The number of ether oxygens (including phenoxy) is 1. The van der Waals surface area contributed by atoms with Crippen molar-refractivity contribution in [3.8, 4) is 0 Å². The van der Waals surface area contributed by atoms with E-state index in [9.17, 15) is 4.79 Å². The molecule has 0 amide bonds. The molecule has 1 spiro atoms. The Morgan fingerprint density at radius 3 is 3.00 bits per heavy atom. The van der Waals surface area contributed by atoms with Crippen LogP contribution < -0.4 is 0 Å². The highest BCUT2D eigenvalue weighted by molar-refractivity contribution is 7.09. The van der Waals surface area contributed by atoms with Crippen LogP contribution in [0.1, 0.15) is 30.0 Å². The second kappa shape index (κ2) is 8.59. The maximum absolute atomic E-state index is 12.6. The molecule has 2 aliphatic heterocycles. The Morgan fingerprint density at radius 2 is 2.29 bits per heavy atom. The Kier molecular flexibility index (Phi) is 5.94. The quantitative estimate of drug-likeness (QED) is 0.664. The number of furan rings is 1. The van der Waals surface area contributed by atoms with Crippen LogP contribution in [0.25, 0.3) is 6.08 Å². The summed E-state index contributed by atoms with van der Waals surface area (Å²) >= 11 is 1.66. The van der Waals surface area contributed by atoms with Gasteiger partial charge in [0.15, 0.2) is 0 Å². The van der Waals surface area contributed by atoms with Crippen LogP contribution >= 0.6 is 11.3 Å². The molecule has 0 bridgehead atoms. The first-order valence-electron chi connectivity index (χ1n) is 9.83. The van der Waals surface area contributed by atoms with Crippen LogP contribution in [0.3, 0.4) is 0 Å². The highest BCUT2D eigenvalue weighted by Gasteiger charge is 2.50. The minimum atomic E-state index is -0.284. The molecule has 6 nitrogen and oxygen atoms in total. The Morgan fingerprint density at radius 1 is 1.43 bits per heavy atom. The zero-order valence-corrected chi connectivity index (χ0v) is 17.1. The number of rotatable bonds is 7. The Labute approximate surface area is 169 Å². The number of piperidine rings is 1. The van der Waals surface area contributed by atoms with Crippen LogP contribution in [-0.4, -0.2) is 60.1 Å². The normalized spacial score (nSPS) is 22.5. The van der Waals surface area contributed by atoms with E-state index in [0.717, 1.165) is 62.8 Å². The van der Waals surface area contributed by atoms with E-state index in [4.69, 9.17) is 9.15 Å². The number of esters is 1. The predicted molar refractivity (Wildman–Crippen MR) is 109 cm³/mol. The molecule has 0 N–H and O–H groups in total. The summed E-state index contributed by atoms with van der Waals surface area (Å²) in [6, 6.07) is 3.84. The lowest BCUT2D eigenvalue weighted by Gasteiger charge is -2.36. The zero-order chi connectivity index (χ0) is 19.4. The summed E-state index contributed by atoms with van der Waals surface area (Å²) < 4.78 is 11.1. The molecule has 0 radical (unpaired) electrons. The second-order valence-corrected chi connectivity index (χ2v) is 8.83. The van der Waals surface area contributed by atoms with Gasteiger partial charge in [-0.2, -0.15) is 0 Å². The molecular formula is C21H27N3O3S. The molecule has 0 aromatic carbocycles. The Hall–Kier alpha value is -1.96. The van der Waals surface area contributed by atoms with E-state index in [1.807, 2.05) is 29.8 Å². The van der Waals surface area contributed by atoms with Crippen LogP contribution in [0.2, 0.25) is 0 Å². The first-order chi connectivity index (χ1) is 13.6. The number of aromatic nitrogens is 1. The van der Waals surface area contributed by atoms with Crippen LogP contribution in [0.5, 0.6) is 0 Å². The topological polar surface area (TPSA) is 58.8 Å². The molecule has 28 heavy (non-hydrogen) atoms. The van der Waals surface area contributed by atoms with E-state index in [0.29, 0.717) is 0 Å². The maximum Gasteiger partial charge on any atom is 0.312 e. The fourth-order valence-corrected chi connectivity index (χ4v) is 4.88. The minimum absolute atomic E-state index is 0.00549. The van der Waals surface area contributed by atoms with Gasteiger partial charge in [-0.05, 0) is 51.2 Å². The van der Waals surface area contributed by atoms with E-state index in [1.165, 1.54) is 0 Å². The van der Waals surface area contributed by atoms with Crippen molar-refractivity contribution in [1.82, 2.24) is 14.8 Å². The molecule has 4 heterocycles. The van der Waals surface area contributed by atoms with Gasteiger partial charge in [0.1, 0.15) is 16.9 Å². The monoisotopic (exact) mass is 401 g/mol. The summed E-state index contributed by atoms with van der Waals surface area (Å²) in [6.45, 7) is 4.31. The largest absolute Gasteiger partial charge is 0.465 e. The third-order valence-electron chi connectivity index (χ3n) is 5.73. The van der Waals surface area contributed by atoms with E-state index < -0.39 is 0 Å². The van der Waals surface area contributed by atoms with Crippen molar-refractivity contribution in [2.24, 2.45) is 5.41 Å². The number of hydrogen-bond acceptors (Lipinski definition) is 7. The fourth-order valence-electron chi connectivity index (χ4n) is 4.19. The number of likely N-dealkylation sites (N-methyl/N-ethyl adjacent to an activating group) is 1. The number of cyclic esters (lactones) is 1. The molecule has 1 unspecified atom stereocenters. The van der Waals surface area contributed by atoms with Gasteiger partial charge in [-0.1, -0.05) is 6.08 Å². The Bertz CT molecular complexity index is 780. The van der Waals surface area contributed by atoms with Crippen molar-refractivity contribution < 1.29 is 13.9 Å². The first kappa shape index (κ1) is 19.4. The fraction of sp³-hybridized carbons (Fsp3) is 0.524. The van der Waals surface area contributed by atoms with Gasteiger partial charge < -0.3 is 9.15 Å². The third-order valence-corrected chi connectivity index (χ3v) is 6.50. The Balaban J connectivity index is 1.24. The van der Waals surface area contributed by atoms with Gasteiger partial charge in [0.2, 0.25) is 0 Å². The third kappa shape index (κ3) is 4.54. The molecule has 150 valence electrons. The standard InChI is InChI=1S/C21H27N3O3S/c1-23(16-19-22-8-13-28-19)15-18-14-21(20(25)27-18)6-10-24(11-7-21)9-2-4-17-5-3-12-26-17/h2-5,8,12-13,18H,6-7,9-11,14-16H2,1H3/b4-2+. The molecule has 2 aromatic heterocycles. The summed E-state index contributed by atoms with van der Waals surface area (Å²) in [5.41, 5.74) is -0.284. The van der Waals surface area contributed by atoms with Crippen molar-refractivity contribution >= 4 is 23.4 Å². The summed E-state index contributed by atoms with van der Waals surface area (Å²) in [5.74, 6) is 0.878. The lowest BCUT2D eigenvalue weighted by atomic mass is 9.76. The summed E-state index contributed by atoms with van der Waals surface area (Å²) in [6.07, 6.45) is 10.2. The molecule has 2 fully saturated rings. The smallest absolute Gasteiger partial charge is 0.312 e. The van der Waals surface area contributed by atoms with Crippen molar-refractivity contribution in [3.63, 3.8) is 0 Å². The van der Waals surface area contributed by atoms with Crippen LogP contribution in [-0.2, 0) is 16.1 Å². The molecule has 7 heteroatoms. The molecular weight excluding hydrogens is 374 g/mol. The number of thiazole rings is 1. The summed E-state index contributed by atoms with van der Waals surface area (Å²) in [7, 11) is 2.06. The van der Waals surface area contributed by atoms with Gasteiger partial charge in [0.05, 0.1) is 18.2 Å². The van der Waals surface area contributed by atoms with Crippen molar-refractivity contribution in [2.75, 3.05) is 33.2 Å². The van der Waals surface area contributed by atoms with E-state index in [-0.39, 0.29) is 17.5 Å². The molecule has 2 aliphatic rings. The van der Waals surface area contributed by atoms with Crippen molar-refractivity contribution in [2.45, 2.75) is 31.9 Å². The van der Waals surface area contributed by atoms with Crippen molar-refractivity contribution in [1.29, 1.82) is 0 Å². The van der Waals surface area contributed by atoms with Gasteiger partial charge in [0.25, 0.3) is 0 Å². The predicted octanol–water partition coefficient (Wildman–Crippen LogP) is 3.28. The number of nitrogens with zero attached hydrogens (tertiary/aromatic N) is 3. The summed E-state index contributed by atoms with van der Waals surface area (Å²) in [5, 5.41) is 3.09. The molecule has 1 atom stereocenters. The number of hydrogen-bond donors (Lipinski definition) is 0. The second-order valence-electron chi connectivity index (χ2n) is 7.85. The van der Waals surface area contributed by atoms with E-state index in [1.54, 1.807) is 17.6 Å². The number of likely N-dealkylation sites (tertiary alicyclic amines) is 1. The lowest BCUT2D eigenvalue weighted by Crippen LogP contribution is -2.42. The van der Waals surface area contributed by atoms with Gasteiger partial charge >= 0.3 is 5.97 Å². The van der Waals surface area contributed by atoms with Gasteiger partial charge in [-0.15, -0.1) is 11.3 Å². The van der Waals surface area contributed by atoms with Crippen LogP contribution in [0.15, 0.2) is 40.5 Å². The molecule has 0 saturated carbocycles. The van der Waals surface area contributed by atoms with Gasteiger partial charge in [-0.3, -0.25) is 14.6 Å². The minimum Gasteiger partial charge on any atom is -0.465 e. The zero-order valence-electron chi connectivity index (χ0n) is 16.3. The first-order valence-corrected chi connectivity index (χ1v) is 10.7. The van der Waals surface area contributed by atoms with Crippen molar-refractivity contribution in [3.05, 3.63) is 46.8 Å². The molecule has 2 aromatic rings. The molecule has 2 saturated heterocycles. The van der Waals surface area contributed by atoms with Gasteiger partial charge in [-0.25, -0.2) is 4.98 Å². The molecule has 4 rings (SSSR count). The highest BCUT2D eigenvalue weighted by Crippen LogP contribution is 2.43. The molecule has 0 aliphatic carbocycles.